The van der Waals surface area contributed by atoms with E-state index in [0.29, 0.717) is 0 Å². The molecule has 0 aliphatic rings. The number of nitrogens with two attached hydrogens (primary N) is 1. The predicted octanol–water partition coefficient (Wildman–Crippen LogP) is 1.69. The molecular weight excluding hydrogens is 208 g/mol. The largest absolute Gasteiger partial charge is 0.368 e. The van der Waals surface area contributed by atoms with E-state index in [1.54, 1.807) is 0 Å². The van der Waals surface area contributed by atoms with Crippen molar-refractivity contribution in [1.82, 2.24) is 4.98 Å². The lowest BCUT2D eigenvalue weighted by molar-refractivity contribution is -0.390. The number of aromatic nitrogens is 1. The number of hydrogen-bond donors (Lipinski definition) is 1. The SMILES string of the molecule is Cc1cc(CN)c([N+](=O)[O-])nc1C(F)F. The van der Waals surface area contributed by atoms with Crippen LogP contribution in [-0.4, -0.2) is 9.91 Å². The summed E-state index contributed by atoms with van der Waals surface area (Å²) in [5, 5.41) is 10.5. The molecule has 1 rings (SSSR count). The Morgan fingerprint density at radius 3 is 2.67 bits per heavy atom. The molecule has 0 amide bonds. The van der Waals surface area contributed by atoms with Gasteiger partial charge in [0.05, 0.1) is 5.56 Å². The van der Waals surface area contributed by atoms with Gasteiger partial charge in [0.1, 0.15) is 0 Å². The highest BCUT2D eigenvalue weighted by Gasteiger charge is 2.24. The smallest absolute Gasteiger partial charge is 0.358 e. The summed E-state index contributed by atoms with van der Waals surface area (Å²) >= 11 is 0. The van der Waals surface area contributed by atoms with Crippen LogP contribution in [0.25, 0.3) is 0 Å². The second-order valence-corrected chi connectivity index (χ2v) is 2.94. The molecule has 1 aromatic heterocycles. The Hall–Kier alpha value is -1.63. The number of rotatable bonds is 3. The highest BCUT2D eigenvalue weighted by atomic mass is 19.3. The molecule has 0 atom stereocenters. The van der Waals surface area contributed by atoms with Crippen LogP contribution in [0.3, 0.4) is 0 Å². The number of alkyl halides is 2. The average molecular weight is 217 g/mol. The lowest BCUT2D eigenvalue weighted by Gasteiger charge is -2.04. The van der Waals surface area contributed by atoms with Crippen LogP contribution in [0.1, 0.15) is 23.2 Å². The lowest BCUT2D eigenvalue weighted by atomic mass is 10.1. The Morgan fingerprint density at radius 2 is 2.27 bits per heavy atom. The average Bonchev–Trinajstić information content (AvgIpc) is 2.16. The zero-order valence-electron chi connectivity index (χ0n) is 7.91. The maximum atomic E-state index is 12.4. The van der Waals surface area contributed by atoms with E-state index >= 15 is 0 Å². The number of aryl methyl sites for hydroxylation is 1. The van der Waals surface area contributed by atoms with Crippen molar-refractivity contribution in [2.45, 2.75) is 19.9 Å². The molecular formula is C8H9F2N3O2. The minimum Gasteiger partial charge on any atom is -0.358 e. The van der Waals surface area contributed by atoms with Crippen molar-refractivity contribution in [3.05, 3.63) is 33.0 Å². The fourth-order valence-electron chi connectivity index (χ4n) is 1.20. The number of hydrogen-bond acceptors (Lipinski definition) is 4. The molecule has 0 radical (unpaired) electrons. The summed E-state index contributed by atoms with van der Waals surface area (Å²) in [5.74, 6) is -0.599. The maximum absolute atomic E-state index is 12.4. The predicted molar refractivity (Wildman–Crippen MR) is 48.5 cm³/mol. The van der Waals surface area contributed by atoms with Gasteiger partial charge in [0.15, 0.2) is 0 Å². The first-order valence-corrected chi connectivity index (χ1v) is 4.10. The van der Waals surface area contributed by atoms with Crippen LogP contribution in [0.2, 0.25) is 0 Å². The Morgan fingerprint density at radius 1 is 1.67 bits per heavy atom. The molecule has 0 fully saturated rings. The van der Waals surface area contributed by atoms with Gasteiger partial charge in [0, 0.05) is 12.1 Å². The van der Waals surface area contributed by atoms with Gasteiger partial charge in [0.2, 0.25) is 5.69 Å². The standard InChI is InChI=1S/C8H9F2N3O2/c1-4-2-5(3-11)8(13(14)15)12-6(4)7(9)10/h2,7H,3,11H2,1H3. The molecule has 0 aliphatic heterocycles. The summed E-state index contributed by atoms with van der Waals surface area (Å²) < 4.78 is 24.8. The normalized spacial score (nSPS) is 10.7. The van der Waals surface area contributed by atoms with Crippen LogP contribution < -0.4 is 5.73 Å². The third kappa shape index (κ3) is 2.24. The molecule has 0 unspecified atom stereocenters. The molecule has 0 aliphatic carbocycles. The molecule has 0 bridgehead atoms. The van der Waals surface area contributed by atoms with Gasteiger partial charge in [-0.3, -0.25) is 0 Å². The van der Waals surface area contributed by atoms with Gasteiger partial charge < -0.3 is 15.8 Å². The summed E-state index contributed by atoms with van der Waals surface area (Å²) in [4.78, 5) is 13.0. The van der Waals surface area contributed by atoms with E-state index in [9.17, 15) is 18.9 Å². The summed E-state index contributed by atoms with van der Waals surface area (Å²) in [7, 11) is 0. The summed E-state index contributed by atoms with van der Waals surface area (Å²) in [6, 6.07) is 1.27. The zero-order chi connectivity index (χ0) is 11.6. The molecule has 1 heterocycles. The summed E-state index contributed by atoms with van der Waals surface area (Å²) in [6.45, 7) is 1.31. The van der Waals surface area contributed by atoms with Gasteiger partial charge >= 0.3 is 12.2 Å². The third-order valence-electron chi connectivity index (χ3n) is 1.91. The van der Waals surface area contributed by atoms with Crippen molar-refractivity contribution in [1.29, 1.82) is 0 Å². The second-order valence-electron chi connectivity index (χ2n) is 2.94. The maximum Gasteiger partial charge on any atom is 0.368 e. The zero-order valence-corrected chi connectivity index (χ0v) is 7.91. The second kappa shape index (κ2) is 4.26. The van der Waals surface area contributed by atoms with Gasteiger partial charge in [-0.05, 0) is 22.9 Å². The van der Waals surface area contributed by atoms with Gasteiger partial charge in [-0.15, -0.1) is 0 Å². The Kier molecular flexibility index (Phi) is 3.25. The number of halogens is 2. The minimum absolute atomic E-state index is 0.104. The monoisotopic (exact) mass is 217 g/mol. The van der Waals surface area contributed by atoms with Crippen LogP contribution >= 0.6 is 0 Å². The first kappa shape index (κ1) is 11.4. The lowest BCUT2D eigenvalue weighted by Crippen LogP contribution is -2.07. The fourth-order valence-corrected chi connectivity index (χ4v) is 1.20. The van der Waals surface area contributed by atoms with Gasteiger partial charge in [-0.25, -0.2) is 8.78 Å². The van der Waals surface area contributed by atoms with E-state index in [0.717, 1.165) is 0 Å². The summed E-state index contributed by atoms with van der Waals surface area (Å²) in [5.41, 5.74) is 5.04. The van der Waals surface area contributed by atoms with Crippen molar-refractivity contribution in [2.24, 2.45) is 5.73 Å². The first-order chi connectivity index (χ1) is 6.97. The molecule has 0 spiro atoms. The quantitative estimate of drug-likeness (QED) is 0.617. The van der Waals surface area contributed by atoms with Gasteiger partial charge in [-0.1, -0.05) is 0 Å². The number of nitro groups is 1. The number of nitrogens with zero attached hydrogens (tertiary/aromatic N) is 2. The van der Waals surface area contributed by atoms with E-state index in [2.05, 4.69) is 4.98 Å². The molecule has 15 heavy (non-hydrogen) atoms. The molecule has 7 heteroatoms. The Bertz CT molecular complexity index is 396. The van der Waals surface area contributed by atoms with E-state index in [4.69, 9.17) is 5.73 Å². The van der Waals surface area contributed by atoms with Crippen molar-refractivity contribution >= 4 is 5.82 Å². The van der Waals surface area contributed by atoms with Crippen LogP contribution in [0.4, 0.5) is 14.6 Å². The van der Waals surface area contributed by atoms with Gasteiger partial charge in [-0.2, -0.15) is 0 Å². The fraction of sp³-hybridized carbons (Fsp3) is 0.375. The molecule has 5 nitrogen and oxygen atoms in total. The highest BCUT2D eigenvalue weighted by Crippen LogP contribution is 2.25. The van der Waals surface area contributed by atoms with Crippen molar-refractivity contribution in [3.63, 3.8) is 0 Å². The highest BCUT2D eigenvalue weighted by molar-refractivity contribution is 5.38. The van der Waals surface area contributed by atoms with Crippen LogP contribution in [0.5, 0.6) is 0 Å². The van der Waals surface area contributed by atoms with E-state index in [1.807, 2.05) is 0 Å². The molecule has 1 aromatic rings. The summed E-state index contributed by atoms with van der Waals surface area (Å²) in [6.07, 6.45) is -2.82. The van der Waals surface area contributed by atoms with Gasteiger partial charge in [0.25, 0.3) is 0 Å². The van der Waals surface area contributed by atoms with Crippen molar-refractivity contribution < 1.29 is 13.7 Å². The molecule has 0 saturated carbocycles. The molecule has 2 N–H and O–H groups in total. The molecule has 0 aromatic carbocycles. The van der Waals surface area contributed by atoms with Crippen LogP contribution in [0, 0.1) is 17.0 Å². The van der Waals surface area contributed by atoms with Crippen molar-refractivity contribution in [3.8, 4) is 0 Å². The van der Waals surface area contributed by atoms with Crippen LogP contribution in [0.15, 0.2) is 6.07 Å². The minimum atomic E-state index is -2.82. The number of pyridine rings is 1. The van der Waals surface area contributed by atoms with E-state index in [1.165, 1.54) is 13.0 Å². The molecule has 82 valence electrons. The van der Waals surface area contributed by atoms with E-state index in [-0.39, 0.29) is 17.7 Å². The topological polar surface area (TPSA) is 82.0 Å². The van der Waals surface area contributed by atoms with Crippen LogP contribution in [-0.2, 0) is 6.54 Å². The molecule has 0 saturated heterocycles. The van der Waals surface area contributed by atoms with Crippen molar-refractivity contribution in [2.75, 3.05) is 0 Å². The Labute approximate surface area is 84.1 Å². The first-order valence-electron chi connectivity index (χ1n) is 4.10. The third-order valence-corrected chi connectivity index (χ3v) is 1.91. The van der Waals surface area contributed by atoms with E-state index < -0.39 is 22.9 Å². The Balaban J connectivity index is 3.37.